The predicted octanol–water partition coefficient (Wildman–Crippen LogP) is 3.24. The molecule has 1 heterocycles. The fourth-order valence-electron chi connectivity index (χ4n) is 2.60. The molecule has 0 aliphatic rings. The molecule has 3 aromatic rings. The molecule has 1 aromatic heterocycles. The Hall–Kier alpha value is -2.13. The Morgan fingerprint density at radius 2 is 1.95 bits per heavy atom. The molecular formula is C17H18N2O. The highest BCUT2D eigenvalue weighted by Gasteiger charge is 2.12. The maximum atomic E-state index is 10.5. The van der Waals surface area contributed by atoms with Crippen molar-refractivity contribution < 1.29 is 5.11 Å². The van der Waals surface area contributed by atoms with Gasteiger partial charge in [-0.2, -0.15) is 0 Å². The summed E-state index contributed by atoms with van der Waals surface area (Å²) in [6.45, 7) is 0. The first kappa shape index (κ1) is 12.9. The number of hydrogen-bond donors (Lipinski definition) is 1. The lowest BCUT2D eigenvalue weighted by atomic mass is 9.98. The van der Waals surface area contributed by atoms with Crippen molar-refractivity contribution in [3.05, 3.63) is 66.2 Å². The number of aromatic nitrogens is 2. The zero-order valence-electron chi connectivity index (χ0n) is 11.5. The van der Waals surface area contributed by atoms with Gasteiger partial charge in [-0.1, -0.05) is 42.5 Å². The third kappa shape index (κ3) is 2.45. The summed E-state index contributed by atoms with van der Waals surface area (Å²) < 4.78 is 2.00. The molecule has 102 valence electrons. The van der Waals surface area contributed by atoms with Gasteiger partial charge in [0.1, 0.15) is 5.82 Å². The zero-order valence-corrected chi connectivity index (χ0v) is 11.5. The van der Waals surface area contributed by atoms with Crippen LogP contribution in [-0.4, -0.2) is 14.7 Å². The summed E-state index contributed by atoms with van der Waals surface area (Å²) in [5.41, 5.74) is 0.998. The second kappa shape index (κ2) is 5.47. The average molecular weight is 266 g/mol. The molecule has 0 fully saturated rings. The van der Waals surface area contributed by atoms with Crippen LogP contribution in [0.5, 0.6) is 0 Å². The van der Waals surface area contributed by atoms with E-state index in [1.54, 1.807) is 6.20 Å². The van der Waals surface area contributed by atoms with Crippen molar-refractivity contribution in [2.75, 3.05) is 0 Å². The van der Waals surface area contributed by atoms with Gasteiger partial charge in [0, 0.05) is 25.9 Å². The molecule has 1 N–H and O–H groups in total. The average Bonchev–Trinajstić information content (AvgIpc) is 2.89. The number of aliphatic hydroxyl groups is 1. The van der Waals surface area contributed by atoms with Gasteiger partial charge in [-0.05, 0) is 22.8 Å². The Bertz CT molecular complexity index is 712. The van der Waals surface area contributed by atoms with Crippen molar-refractivity contribution in [3.63, 3.8) is 0 Å². The smallest absolute Gasteiger partial charge is 0.108 e. The van der Waals surface area contributed by atoms with E-state index < -0.39 is 6.10 Å². The van der Waals surface area contributed by atoms with E-state index in [1.165, 1.54) is 5.39 Å². The molecule has 0 aliphatic heterocycles. The highest BCUT2D eigenvalue weighted by Crippen LogP contribution is 2.26. The summed E-state index contributed by atoms with van der Waals surface area (Å²) in [6.07, 6.45) is 4.71. The molecule has 3 nitrogen and oxygen atoms in total. The molecule has 2 aromatic carbocycles. The quantitative estimate of drug-likeness (QED) is 0.787. The summed E-state index contributed by atoms with van der Waals surface area (Å²) in [4.78, 5) is 4.30. The van der Waals surface area contributed by atoms with E-state index in [9.17, 15) is 5.11 Å². The maximum Gasteiger partial charge on any atom is 0.108 e. The third-order valence-corrected chi connectivity index (χ3v) is 3.74. The van der Waals surface area contributed by atoms with Gasteiger partial charge in [0.15, 0.2) is 0 Å². The first-order chi connectivity index (χ1) is 9.75. The lowest BCUT2D eigenvalue weighted by Crippen LogP contribution is -2.04. The Morgan fingerprint density at radius 1 is 1.15 bits per heavy atom. The maximum absolute atomic E-state index is 10.5. The summed E-state index contributed by atoms with van der Waals surface area (Å²) in [6, 6.07) is 14.3. The topological polar surface area (TPSA) is 38.0 Å². The van der Waals surface area contributed by atoms with Crippen LogP contribution < -0.4 is 0 Å². The van der Waals surface area contributed by atoms with Gasteiger partial charge in [0.05, 0.1) is 6.10 Å². The van der Waals surface area contributed by atoms with E-state index in [1.807, 2.05) is 42.1 Å². The molecule has 0 amide bonds. The minimum absolute atomic E-state index is 0.460. The number of benzene rings is 2. The summed E-state index contributed by atoms with van der Waals surface area (Å²) >= 11 is 0. The van der Waals surface area contributed by atoms with Crippen LogP contribution in [0.1, 0.15) is 23.9 Å². The second-order valence-electron chi connectivity index (χ2n) is 5.08. The van der Waals surface area contributed by atoms with E-state index in [0.717, 1.165) is 23.2 Å². The lowest BCUT2D eigenvalue weighted by molar-refractivity contribution is 0.168. The van der Waals surface area contributed by atoms with Crippen molar-refractivity contribution in [1.29, 1.82) is 0 Å². The van der Waals surface area contributed by atoms with Crippen LogP contribution in [0.3, 0.4) is 0 Å². The van der Waals surface area contributed by atoms with E-state index >= 15 is 0 Å². The normalized spacial score (nSPS) is 12.7. The largest absolute Gasteiger partial charge is 0.388 e. The number of aliphatic hydroxyl groups excluding tert-OH is 1. The van der Waals surface area contributed by atoms with Crippen molar-refractivity contribution in [2.24, 2.45) is 7.05 Å². The first-order valence-corrected chi connectivity index (χ1v) is 6.87. The fourth-order valence-corrected chi connectivity index (χ4v) is 2.60. The highest BCUT2D eigenvalue weighted by atomic mass is 16.3. The second-order valence-corrected chi connectivity index (χ2v) is 5.08. The van der Waals surface area contributed by atoms with Gasteiger partial charge in [-0.3, -0.25) is 0 Å². The van der Waals surface area contributed by atoms with Crippen LogP contribution in [-0.2, 0) is 13.5 Å². The fraction of sp³-hybridized carbons (Fsp3) is 0.235. The Balaban J connectivity index is 1.82. The van der Waals surface area contributed by atoms with Gasteiger partial charge < -0.3 is 9.67 Å². The van der Waals surface area contributed by atoms with Gasteiger partial charge in [0.25, 0.3) is 0 Å². The van der Waals surface area contributed by atoms with Crippen molar-refractivity contribution in [3.8, 4) is 0 Å². The zero-order chi connectivity index (χ0) is 13.9. The molecule has 0 spiro atoms. The molecule has 3 rings (SSSR count). The number of fused-ring (bicyclic) bond motifs is 1. The molecule has 0 radical (unpaired) electrons. The number of nitrogens with zero attached hydrogens (tertiary/aromatic N) is 2. The Kier molecular flexibility index (Phi) is 3.52. The lowest BCUT2D eigenvalue weighted by Gasteiger charge is -2.13. The van der Waals surface area contributed by atoms with Crippen LogP contribution in [0.4, 0.5) is 0 Å². The minimum Gasteiger partial charge on any atom is -0.388 e. The van der Waals surface area contributed by atoms with Crippen LogP contribution in [0.2, 0.25) is 0 Å². The molecule has 1 atom stereocenters. The monoisotopic (exact) mass is 266 g/mol. The Morgan fingerprint density at radius 3 is 2.75 bits per heavy atom. The van der Waals surface area contributed by atoms with E-state index in [2.05, 4.69) is 23.2 Å². The van der Waals surface area contributed by atoms with E-state index in [0.29, 0.717) is 6.42 Å². The third-order valence-electron chi connectivity index (χ3n) is 3.74. The van der Waals surface area contributed by atoms with Crippen LogP contribution in [0.15, 0.2) is 54.9 Å². The molecule has 0 saturated heterocycles. The number of imidazole rings is 1. The minimum atomic E-state index is -0.460. The van der Waals surface area contributed by atoms with Crippen LogP contribution >= 0.6 is 0 Å². The SMILES string of the molecule is Cn1ccnc1CCC(O)c1cccc2ccccc12. The number of aryl methyl sites for hydroxylation is 2. The molecule has 0 aliphatic carbocycles. The van der Waals surface area contributed by atoms with Gasteiger partial charge in [0.2, 0.25) is 0 Å². The summed E-state index contributed by atoms with van der Waals surface area (Å²) in [5, 5.41) is 12.8. The van der Waals surface area contributed by atoms with Crippen LogP contribution in [0, 0.1) is 0 Å². The molecular weight excluding hydrogens is 248 g/mol. The predicted molar refractivity (Wildman–Crippen MR) is 80.4 cm³/mol. The number of hydrogen-bond acceptors (Lipinski definition) is 2. The van der Waals surface area contributed by atoms with Gasteiger partial charge >= 0.3 is 0 Å². The van der Waals surface area contributed by atoms with Crippen molar-refractivity contribution in [1.82, 2.24) is 9.55 Å². The van der Waals surface area contributed by atoms with Crippen LogP contribution in [0.25, 0.3) is 10.8 Å². The molecule has 3 heteroatoms. The summed E-state index contributed by atoms with van der Waals surface area (Å²) in [7, 11) is 1.98. The summed E-state index contributed by atoms with van der Waals surface area (Å²) in [5.74, 6) is 1.00. The number of rotatable bonds is 4. The Labute approximate surface area is 118 Å². The molecule has 1 unspecified atom stereocenters. The molecule has 0 saturated carbocycles. The van der Waals surface area contributed by atoms with Crippen molar-refractivity contribution in [2.45, 2.75) is 18.9 Å². The van der Waals surface area contributed by atoms with Gasteiger partial charge in [-0.15, -0.1) is 0 Å². The first-order valence-electron chi connectivity index (χ1n) is 6.87. The highest BCUT2D eigenvalue weighted by molar-refractivity contribution is 5.85. The van der Waals surface area contributed by atoms with E-state index in [-0.39, 0.29) is 0 Å². The standard InChI is InChI=1S/C17H18N2O/c1-19-12-11-18-17(19)10-9-16(20)15-8-4-6-13-5-2-3-7-14(13)15/h2-8,11-12,16,20H,9-10H2,1H3. The van der Waals surface area contributed by atoms with Crippen molar-refractivity contribution >= 4 is 10.8 Å². The van der Waals surface area contributed by atoms with E-state index in [4.69, 9.17) is 0 Å². The van der Waals surface area contributed by atoms with Gasteiger partial charge in [-0.25, -0.2) is 4.98 Å². The molecule has 20 heavy (non-hydrogen) atoms. The molecule has 0 bridgehead atoms.